The molecule has 3 rings (SSSR count). The van der Waals surface area contributed by atoms with Crippen LogP contribution in [-0.4, -0.2) is 53.2 Å². The van der Waals surface area contributed by atoms with E-state index in [9.17, 15) is 0 Å². The second kappa shape index (κ2) is 6.12. The first-order valence-electron chi connectivity index (χ1n) is 6.49. The SMILES string of the molecule is CCCCC[Si]12OCCN(CCO1)CCO2. The average Bonchev–Trinajstić information content (AvgIpc) is 2.19. The summed E-state index contributed by atoms with van der Waals surface area (Å²) in [5.41, 5.74) is 0. The van der Waals surface area contributed by atoms with Crippen molar-refractivity contribution in [2.24, 2.45) is 0 Å². The molecule has 3 fully saturated rings. The van der Waals surface area contributed by atoms with Gasteiger partial charge in [-0.1, -0.05) is 19.8 Å². The van der Waals surface area contributed by atoms with Crippen molar-refractivity contribution in [3.8, 4) is 0 Å². The molecule has 0 N–H and O–H groups in total. The molecule has 16 heavy (non-hydrogen) atoms. The summed E-state index contributed by atoms with van der Waals surface area (Å²) in [6, 6.07) is 1.00. The van der Waals surface area contributed by atoms with Crippen molar-refractivity contribution in [2.75, 3.05) is 39.5 Å². The number of nitrogens with zero attached hydrogens (tertiary/aromatic N) is 1. The van der Waals surface area contributed by atoms with Crippen LogP contribution in [0.1, 0.15) is 26.2 Å². The standard InChI is InChI=1S/C11H23NO3Si/c1-2-3-4-11-16-13-8-5-12(6-9-14-16)7-10-15-16/h2-11H2,1H3. The Kier molecular flexibility index (Phi) is 4.78. The number of hydrogen-bond acceptors (Lipinski definition) is 4. The van der Waals surface area contributed by atoms with Crippen LogP contribution in [0, 0.1) is 0 Å². The molecule has 5 heteroatoms. The molecule has 0 aromatic carbocycles. The fraction of sp³-hybridized carbons (Fsp3) is 1.00. The number of unbranched alkanes of at least 4 members (excludes halogenated alkanes) is 2. The highest BCUT2D eigenvalue weighted by Crippen LogP contribution is 2.22. The third-order valence-corrected chi connectivity index (χ3v) is 6.17. The van der Waals surface area contributed by atoms with Gasteiger partial charge in [-0.2, -0.15) is 0 Å². The van der Waals surface area contributed by atoms with Gasteiger partial charge in [0.15, 0.2) is 0 Å². The normalized spacial score (nSPS) is 35.4. The highest BCUT2D eigenvalue weighted by Gasteiger charge is 2.43. The molecule has 3 aliphatic heterocycles. The van der Waals surface area contributed by atoms with Crippen LogP contribution in [0.15, 0.2) is 0 Å². The third-order valence-electron chi connectivity index (χ3n) is 3.27. The van der Waals surface area contributed by atoms with Crippen molar-refractivity contribution in [1.82, 2.24) is 4.90 Å². The average molecular weight is 245 g/mol. The molecule has 2 bridgehead atoms. The van der Waals surface area contributed by atoms with Crippen LogP contribution in [0.5, 0.6) is 0 Å². The minimum atomic E-state index is -2.29. The maximum absolute atomic E-state index is 5.94. The third kappa shape index (κ3) is 3.27. The molecule has 3 saturated heterocycles. The van der Waals surface area contributed by atoms with E-state index in [1.165, 1.54) is 19.3 Å². The summed E-state index contributed by atoms with van der Waals surface area (Å²) in [5, 5.41) is 0. The fourth-order valence-electron chi connectivity index (χ4n) is 2.26. The van der Waals surface area contributed by atoms with Crippen molar-refractivity contribution >= 4 is 8.80 Å². The molecule has 4 nitrogen and oxygen atoms in total. The Balaban J connectivity index is 1.92. The lowest BCUT2D eigenvalue weighted by atomic mass is 10.3. The number of fused-ring (bicyclic) bond motifs is 6. The van der Waals surface area contributed by atoms with Crippen LogP contribution < -0.4 is 0 Å². The van der Waals surface area contributed by atoms with Crippen molar-refractivity contribution in [3.63, 3.8) is 0 Å². The largest absolute Gasteiger partial charge is 0.501 e. The highest BCUT2D eigenvalue weighted by molar-refractivity contribution is 6.60. The van der Waals surface area contributed by atoms with Gasteiger partial charge in [0.1, 0.15) is 0 Å². The van der Waals surface area contributed by atoms with Gasteiger partial charge in [0.25, 0.3) is 0 Å². The molecule has 94 valence electrons. The molecular weight excluding hydrogens is 222 g/mol. The van der Waals surface area contributed by atoms with E-state index in [1.54, 1.807) is 0 Å². The van der Waals surface area contributed by atoms with E-state index in [0.29, 0.717) is 0 Å². The Hall–Kier alpha value is 0.0569. The first-order valence-corrected chi connectivity index (χ1v) is 8.42. The zero-order chi connectivity index (χ0) is 11.3. The Bertz CT molecular complexity index is 189. The van der Waals surface area contributed by atoms with Crippen molar-refractivity contribution < 1.29 is 13.3 Å². The quantitative estimate of drug-likeness (QED) is 0.555. The van der Waals surface area contributed by atoms with Gasteiger partial charge in [-0.3, -0.25) is 4.90 Å². The van der Waals surface area contributed by atoms with E-state index < -0.39 is 8.80 Å². The predicted octanol–water partition coefficient (Wildman–Crippen LogP) is 1.49. The van der Waals surface area contributed by atoms with Crippen molar-refractivity contribution in [2.45, 2.75) is 32.2 Å². The molecule has 3 heterocycles. The van der Waals surface area contributed by atoms with Gasteiger partial charge in [-0.25, -0.2) is 0 Å². The van der Waals surface area contributed by atoms with Gasteiger partial charge in [0.05, 0.1) is 19.8 Å². The Morgan fingerprint density at radius 2 is 1.50 bits per heavy atom. The number of hydrogen-bond donors (Lipinski definition) is 0. The van der Waals surface area contributed by atoms with Crippen molar-refractivity contribution in [1.29, 1.82) is 0 Å². The number of rotatable bonds is 4. The maximum Gasteiger partial charge on any atom is 0.501 e. The minimum absolute atomic E-state index is 0.776. The molecule has 0 unspecified atom stereocenters. The summed E-state index contributed by atoms with van der Waals surface area (Å²) in [6.07, 6.45) is 3.65. The summed E-state index contributed by atoms with van der Waals surface area (Å²) >= 11 is 0. The van der Waals surface area contributed by atoms with Gasteiger partial charge in [0.2, 0.25) is 0 Å². The molecule has 0 spiro atoms. The monoisotopic (exact) mass is 245 g/mol. The summed E-state index contributed by atoms with van der Waals surface area (Å²) in [7, 11) is -2.29. The Morgan fingerprint density at radius 1 is 0.938 bits per heavy atom. The predicted molar refractivity (Wildman–Crippen MR) is 64.4 cm³/mol. The van der Waals surface area contributed by atoms with Crippen LogP contribution in [0.2, 0.25) is 6.04 Å². The maximum atomic E-state index is 5.94. The van der Waals surface area contributed by atoms with Gasteiger partial charge in [-0.05, 0) is 6.42 Å². The zero-order valence-corrected chi connectivity index (χ0v) is 11.2. The molecule has 3 aliphatic rings. The molecule has 0 radical (unpaired) electrons. The topological polar surface area (TPSA) is 30.9 Å². The summed E-state index contributed by atoms with van der Waals surface area (Å²) < 4.78 is 17.8. The zero-order valence-electron chi connectivity index (χ0n) is 10.2. The van der Waals surface area contributed by atoms with Gasteiger partial charge in [-0.15, -0.1) is 0 Å². The second-order valence-electron chi connectivity index (χ2n) is 4.53. The molecule has 0 aromatic heterocycles. The van der Waals surface area contributed by atoms with E-state index in [-0.39, 0.29) is 0 Å². The van der Waals surface area contributed by atoms with Gasteiger partial charge < -0.3 is 13.3 Å². The lowest BCUT2D eigenvalue weighted by Crippen LogP contribution is -2.54. The van der Waals surface area contributed by atoms with Gasteiger partial charge in [0, 0.05) is 25.7 Å². The molecule has 0 amide bonds. The van der Waals surface area contributed by atoms with E-state index >= 15 is 0 Å². The summed E-state index contributed by atoms with van der Waals surface area (Å²) in [4.78, 5) is 2.35. The van der Waals surface area contributed by atoms with Crippen LogP contribution in [0.3, 0.4) is 0 Å². The van der Waals surface area contributed by atoms with Gasteiger partial charge >= 0.3 is 8.80 Å². The van der Waals surface area contributed by atoms with Crippen LogP contribution >= 0.6 is 0 Å². The molecular formula is C11H23NO3Si. The second-order valence-corrected chi connectivity index (χ2v) is 7.26. The first-order chi connectivity index (χ1) is 7.85. The molecule has 0 saturated carbocycles. The van der Waals surface area contributed by atoms with E-state index in [0.717, 1.165) is 45.5 Å². The van der Waals surface area contributed by atoms with Crippen molar-refractivity contribution in [3.05, 3.63) is 0 Å². The summed E-state index contributed by atoms with van der Waals surface area (Å²) in [5.74, 6) is 0. The van der Waals surface area contributed by atoms with E-state index in [4.69, 9.17) is 13.3 Å². The van der Waals surface area contributed by atoms with E-state index in [2.05, 4.69) is 11.8 Å². The lowest BCUT2D eigenvalue weighted by molar-refractivity contribution is -0.00858. The van der Waals surface area contributed by atoms with Crippen LogP contribution in [0.25, 0.3) is 0 Å². The van der Waals surface area contributed by atoms with Crippen LogP contribution in [0.4, 0.5) is 0 Å². The van der Waals surface area contributed by atoms with E-state index in [1.807, 2.05) is 0 Å². The Labute approximate surface area is 99.2 Å². The molecule has 0 aliphatic carbocycles. The molecule has 0 aromatic rings. The Morgan fingerprint density at radius 3 is 2.00 bits per heavy atom. The highest BCUT2D eigenvalue weighted by atomic mass is 28.4. The van der Waals surface area contributed by atoms with Crippen LogP contribution in [-0.2, 0) is 13.3 Å². The lowest BCUT2D eigenvalue weighted by Gasteiger charge is -2.38. The summed E-state index contributed by atoms with van der Waals surface area (Å²) in [6.45, 7) is 7.66. The molecule has 0 atom stereocenters. The minimum Gasteiger partial charge on any atom is -0.372 e. The fourth-order valence-corrected chi connectivity index (χ4v) is 4.83. The first kappa shape index (κ1) is 12.5. The smallest absolute Gasteiger partial charge is 0.372 e.